The first kappa shape index (κ1) is 14.6. The van der Waals surface area contributed by atoms with Gasteiger partial charge >= 0.3 is 0 Å². The molecular weight excluding hydrogens is 330 g/mol. The van der Waals surface area contributed by atoms with Gasteiger partial charge in [0.05, 0.1) is 28.1 Å². The lowest BCUT2D eigenvalue weighted by molar-refractivity contribution is 0.342. The fourth-order valence-corrected chi connectivity index (χ4v) is 2.01. The van der Waals surface area contributed by atoms with Crippen molar-refractivity contribution < 1.29 is 13.5 Å². The molecule has 3 N–H and O–H groups in total. The van der Waals surface area contributed by atoms with Crippen LogP contribution in [0.5, 0.6) is 5.75 Å². The molecule has 0 radical (unpaired) electrons. The molecule has 0 unspecified atom stereocenters. The van der Waals surface area contributed by atoms with E-state index in [-0.39, 0.29) is 10.2 Å². The molecule has 106 valence electrons. The maximum Gasteiger partial charge on any atom is 0.147 e. The molecule has 20 heavy (non-hydrogen) atoms. The Labute approximate surface area is 123 Å². The van der Waals surface area contributed by atoms with E-state index in [1.54, 1.807) is 18.2 Å². The first-order valence-corrected chi connectivity index (χ1v) is 6.75. The van der Waals surface area contributed by atoms with Crippen LogP contribution in [0.4, 0.5) is 25.8 Å². The van der Waals surface area contributed by atoms with E-state index in [4.69, 9.17) is 10.5 Å². The molecule has 3 nitrogen and oxygen atoms in total. The molecule has 6 heteroatoms. The van der Waals surface area contributed by atoms with Crippen LogP contribution >= 0.6 is 15.9 Å². The van der Waals surface area contributed by atoms with E-state index in [0.29, 0.717) is 23.7 Å². The van der Waals surface area contributed by atoms with Gasteiger partial charge in [-0.05, 0) is 41.1 Å². The normalized spacial score (nSPS) is 10.4. The minimum atomic E-state index is -0.584. The summed E-state index contributed by atoms with van der Waals surface area (Å²) in [6.45, 7) is 2.30. The van der Waals surface area contributed by atoms with Crippen LogP contribution in [-0.4, -0.2) is 6.61 Å². The van der Waals surface area contributed by atoms with Crippen molar-refractivity contribution in [1.29, 1.82) is 0 Å². The Morgan fingerprint density at radius 2 is 1.95 bits per heavy atom. The van der Waals surface area contributed by atoms with Crippen molar-refractivity contribution in [3.8, 4) is 5.75 Å². The Balaban J connectivity index is 2.35. The topological polar surface area (TPSA) is 47.3 Å². The van der Waals surface area contributed by atoms with Crippen LogP contribution in [0, 0.1) is 11.6 Å². The number of nitrogens with two attached hydrogens (primary N) is 1. The van der Waals surface area contributed by atoms with Crippen molar-refractivity contribution in [2.45, 2.75) is 6.92 Å². The van der Waals surface area contributed by atoms with Crippen molar-refractivity contribution in [3.63, 3.8) is 0 Å². The summed E-state index contributed by atoms with van der Waals surface area (Å²) in [6.07, 6.45) is 0. The van der Waals surface area contributed by atoms with Crippen LogP contribution in [0.3, 0.4) is 0 Å². The molecule has 0 atom stereocenters. The number of nitrogens with one attached hydrogen (secondary N) is 1. The van der Waals surface area contributed by atoms with Gasteiger partial charge in [-0.2, -0.15) is 0 Å². The minimum absolute atomic E-state index is 0.00560. The second-order valence-corrected chi connectivity index (χ2v) is 4.88. The summed E-state index contributed by atoms with van der Waals surface area (Å²) in [4.78, 5) is 0. The Bertz CT molecular complexity index is 635. The lowest BCUT2D eigenvalue weighted by Gasteiger charge is -2.14. The number of rotatable bonds is 4. The van der Waals surface area contributed by atoms with Gasteiger partial charge in [-0.15, -0.1) is 0 Å². The van der Waals surface area contributed by atoms with E-state index in [1.165, 1.54) is 0 Å². The Hall–Kier alpha value is -1.82. The zero-order valence-electron chi connectivity index (χ0n) is 10.7. The fourth-order valence-electron chi connectivity index (χ4n) is 1.70. The number of halogens is 3. The maximum atomic E-state index is 13.8. The summed E-state index contributed by atoms with van der Waals surface area (Å²) in [7, 11) is 0. The third-order valence-electron chi connectivity index (χ3n) is 2.65. The molecule has 2 aromatic carbocycles. The van der Waals surface area contributed by atoms with E-state index >= 15 is 0 Å². The van der Waals surface area contributed by atoms with Crippen molar-refractivity contribution in [2.75, 3.05) is 17.7 Å². The number of benzene rings is 2. The summed E-state index contributed by atoms with van der Waals surface area (Å²) >= 11 is 2.92. The van der Waals surface area contributed by atoms with Crippen molar-refractivity contribution >= 4 is 33.0 Å². The highest BCUT2D eigenvalue weighted by Gasteiger charge is 2.11. The predicted octanol–water partition coefficient (Wildman–Crippen LogP) is 4.45. The zero-order valence-corrected chi connectivity index (χ0v) is 12.3. The van der Waals surface area contributed by atoms with Crippen LogP contribution in [0.25, 0.3) is 0 Å². The fraction of sp³-hybridized carbons (Fsp3) is 0.143. The number of hydrogen-bond acceptors (Lipinski definition) is 3. The Kier molecular flexibility index (Phi) is 4.44. The van der Waals surface area contributed by atoms with Crippen molar-refractivity contribution in [1.82, 2.24) is 0 Å². The second-order valence-electron chi connectivity index (χ2n) is 4.02. The van der Waals surface area contributed by atoms with Gasteiger partial charge in [0.25, 0.3) is 0 Å². The van der Waals surface area contributed by atoms with Crippen LogP contribution in [0.15, 0.2) is 34.8 Å². The Morgan fingerprint density at radius 1 is 1.20 bits per heavy atom. The van der Waals surface area contributed by atoms with E-state index in [2.05, 4.69) is 21.2 Å². The number of hydrogen-bond donors (Lipinski definition) is 2. The summed E-state index contributed by atoms with van der Waals surface area (Å²) in [6, 6.07) is 7.21. The summed E-state index contributed by atoms with van der Waals surface area (Å²) < 4.78 is 32.6. The first-order chi connectivity index (χ1) is 9.52. The molecule has 0 aromatic heterocycles. The van der Waals surface area contributed by atoms with Gasteiger partial charge in [-0.1, -0.05) is 6.07 Å². The largest absolute Gasteiger partial charge is 0.492 e. The standard InChI is InChI=1S/C14H13BrF2N2O/c1-2-20-13-5-3-4-11(14(13)18)19-12-7-9(16)8(15)6-10(12)17/h3-7,19H,2,18H2,1H3. The van der Waals surface area contributed by atoms with Crippen molar-refractivity contribution in [3.05, 3.63) is 46.4 Å². The number of ether oxygens (including phenoxy) is 1. The lowest BCUT2D eigenvalue weighted by atomic mass is 10.2. The van der Waals surface area contributed by atoms with Gasteiger partial charge in [-0.25, -0.2) is 8.78 Å². The molecule has 2 aromatic rings. The highest BCUT2D eigenvalue weighted by Crippen LogP contribution is 2.33. The molecule has 0 aliphatic rings. The van der Waals surface area contributed by atoms with Gasteiger partial charge in [-0.3, -0.25) is 0 Å². The van der Waals surface area contributed by atoms with Crippen molar-refractivity contribution in [2.24, 2.45) is 0 Å². The number of para-hydroxylation sites is 1. The number of anilines is 3. The van der Waals surface area contributed by atoms with Gasteiger partial charge in [0, 0.05) is 6.07 Å². The average Bonchev–Trinajstić information content (AvgIpc) is 2.40. The van der Waals surface area contributed by atoms with E-state index in [9.17, 15) is 8.78 Å². The molecule has 0 bridgehead atoms. The van der Waals surface area contributed by atoms with Gasteiger partial charge < -0.3 is 15.8 Å². The molecule has 2 rings (SSSR count). The summed E-state index contributed by atoms with van der Waals surface area (Å²) in [5.41, 5.74) is 6.73. The van der Waals surface area contributed by atoms with Gasteiger partial charge in [0.15, 0.2) is 0 Å². The first-order valence-electron chi connectivity index (χ1n) is 5.95. The molecule has 0 aliphatic heterocycles. The lowest BCUT2D eigenvalue weighted by Crippen LogP contribution is -2.02. The SMILES string of the molecule is CCOc1cccc(Nc2cc(F)c(Br)cc2F)c1N. The van der Waals surface area contributed by atoms with Crippen LogP contribution in [-0.2, 0) is 0 Å². The van der Waals surface area contributed by atoms with E-state index < -0.39 is 11.6 Å². The molecule has 0 spiro atoms. The summed E-state index contributed by atoms with van der Waals surface area (Å²) in [5.74, 6) is -0.650. The smallest absolute Gasteiger partial charge is 0.147 e. The number of nitrogen functional groups attached to an aromatic ring is 1. The monoisotopic (exact) mass is 342 g/mol. The van der Waals surface area contributed by atoms with Gasteiger partial charge in [0.2, 0.25) is 0 Å². The third kappa shape index (κ3) is 3.01. The molecule has 0 amide bonds. The molecule has 0 aliphatic carbocycles. The predicted molar refractivity (Wildman–Crippen MR) is 79.4 cm³/mol. The van der Waals surface area contributed by atoms with E-state index in [0.717, 1.165) is 12.1 Å². The zero-order chi connectivity index (χ0) is 14.7. The highest BCUT2D eigenvalue weighted by molar-refractivity contribution is 9.10. The maximum absolute atomic E-state index is 13.8. The highest BCUT2D eigenvalue weighted by atomic mass is 79.9. The molecule has 0 saturated carbocycles. The van der Waals surface area contributed by atoms with Gasteiger partial charge in [0.1, 0.15) is 17.4 Å². The molecule has 0 saturated heterocycles. The third-order valence-corrected chi connectivity index (χ3v) is 3.25. The summed E-state index contributed by atoms with van der Waals surface area (Å²) in [5, 5.41) is 2.77. The van der Waals surface area contributed by atoms with Crippen LogP contribution in [0.1, 0.15) is 6.92 Å². The van der Waals surface area contributed by atoms with Crippen LogP contribution < -0.4 is 15.8 Å². The molecular formula is C14H13BrF2N2O. The Morgan fingerprint density at radius 3 is 2.65 bits per heavy atom. The van der Waals surface area contributed by atoms with Crippen LogP contribution in [0.2, 0.25) is 0 Å². The average molecular weight is 343 g/mol. The quantitative estimate of drug-likeness (QED) is 0.637. The van der Waals surface area contributed by atoms with E-state index in [1.807, 2.05) is 6.92 Å². The second kappa shape index (κ2) is 6.09. The molecule has 0 fully saturated rings. The molecule has 0 heterocycles. The minimum Gasteiger partial charge on any atom is -0.492 e.